The van der Waals surface area contributed by atoms with Gasteiger partial charge in [-0.25, -0.2) is 17.2 Å². The molecule has 1 aliphatic heterocycles. The maximum Gasteiger partial charge on any atom is 0.278 e. The number of hydrogen-bond donors (Lipinski definition) is 0. The summed E-state index contributed by atoms with van der Waals surface area (Å²) >= 11 is 0. The maximum absolute atomic E-state index is 13.1. The number of hydrogen-bond acceptors (Lipinski definition) is 4. The van der Waals surface area contributed by atoms with Gasteiger partial charge in [0.15, 0.2) is 9.84 Å². The molecule has 2 rings (SSSR count). The van der Waals surface area contributed by atoms with Gasteiger partial charge in [-0.1, -0.05) is 30.3 Å². The van der Waals surface area contributed by atoms with Gasteiger partial charge in [0, 0.05) is 13.1 Å². The third-order valence-electron chi connectivity index (χ3n) is 3.11. The topological polar surface area (TPSA) is 46.6 Å². The predicted octanol–water partition coefficient (Wildman–Crippen LogP) is 2.04. The summed E-state index contributed by atoms with van der Waals surface area (Å²) in [7, 11) is -3.75. The number of benzene rings is 1. The van der Waals surface area contributed by atoms with Crippen LogP contribution in [0.2, 0.25) is 0 Å². The fourth-order valence-corrected chi connectivity index (χ4v) is 3.48. The highest BCUT2D eigenvalue weighted by atomic mass is 32.2. The van der Waals surface area contributed by atoms with Gasteiger partial charge in [0.1, 0.15) is 0 Å². The molecular formula is C14H17F2NO3S. The van der Waals surface area contributed by atoms with Crippen molar-refractivity contribution in [3.63, 3.8) is 0 Å². The van der Waals surface area contributed by atoms with E-state index in [0.717, 1.165) is 0 Å². The van der Waals surface area contributed by atoms with Crippen molar-refractivity contribution in [1.82, 2.24) is 4.90 Å². The third kappa shape index (κ3) is 4.78. The SMILES string of the molecule is O=S(=O)(C=C(C(F)F)N1CCOCC1)Cc1ccccc1. The van der Waals surface area contributed by atoms with E-state index >= 15 is 0 Å². The minimum absolute atomic E-state index is 0.275. The molecule has 0 N–H and O–H groups in total. The lowest BCUT2D eigenvalue weighted by Crippen LogP contribution is -2.38. The van der Waals surface area contributed by atoms with E-state index in [4.69, 9.17) is 4.74 Å². The molecule has 1 heterocycles. The maximum atomic E-state index is 13.1. The van der Waals surface area contributed by atoms with Crippen LogP contribution in [0.25, 0.3) is 0 Å². The van der Waals surface area contributed by atoms with Crippen LogP contribution in [-0.4, -0.2) is 46.0 Å². The second-order valence-electron chi connectivity index (χ2n) is 4.74. The molecule has 0 amide bonds. The molecule has 0 saturated carbocycles. The molecule has 116 valence electrons. The normalized spacial score (nSPS) is 17.3. The van der Waals surface area contributed by atoms with Crippen molar-refractivity contribution in [2.24, 2.45) is 0 Å². The summed E-state index contributed by atoms with van der Waals surface area (Å²) < 4.78 is 55.5. The second-order valence-corrected chi connectivity index (χ2v) is 6.59. The van der Waals surface area contributed by atoms with E-state index in [9.17, 15) is 17.2 Å². The van der Waals surface area contributed by atoms with Crippen LogP contribution in [0.15, 0.2) is 41.4 Å². The van der Waals surface area contributed by atoms with Gasteiger partial charge in [-0.2, -0.15) is 0 Å². The Morgan fingerprint density at radius 3 is 2.43 bits per heavy atom. The van der Waals surface area contributed by atoms with Crippen LogP contribution < -0.4 is 0 Å². The van der Waals surface area contributed by atoms with E-state index in [1.807, 2.05) is 0 Å². The first-order valence-corrected chi connectivity index (χ1v) is 8.28. The van der Waals surface area contributed by atoms with E-state index in [-0.39, 0.29) is 18.8 Å². The van der Waals surface area contributed by atoms with Crippen molar-refractivity contribution in [2.75, 3.05) is 26.3 Å². The van der Waals surface area contributed by atoms with Crippen molar-refractivity contribution in [3.8, 4) is 0 Å². The number of morpholine rings is 1. The van der Waals surface area contributed by atoms with E-state index in [0.29, 0.717) is 24.2 Å². The van der Waals surface area contributed by atoms with Crippen LogP contribution in [0.3, 0.4) is 0 Å². The highest BCUT2D eigenvalue weighted by Gasteiger charge is 2.24. The van der Waals surface area contributed by atoms with Crippen molar-refractivity contribution >= 4 is 9.84 Å². The molecule has 0 aromatic heterocycles. The molecule has 0 radical (unpaired) electrons. The van der Waals surface area contributed by atoms with Gasteiger partial charge in [-0.3, -0.25) is 0 Å². The van der Waals surface area contributed by atoms with E-state index in [2.05, 4.69) is 0 Å². The van der Waals surface area contributed by atoms with Gasteiger partial charge in [0.2, 0.25) is 0 Å². The minimum atomic E-state index is -3.75. The van der Waals surface area contributed by atoms with Crippen molar-refractivity contribution < 1.29 is 21.9 Å². The number of allylic oxidation sites excluding steroid dienone is 1. The van der Waals surface area contributed by atoms with Gasteiger partial charge >= 0.3 is 0 Å². The average molecular weight is 317 g/mol. The average Bonchev–Trinajstić information content (AvgIpc) is 2.46. The van der Waals surface area contributed by atoms with Gasteiger partial charge in [-0.15, -0.1) is 0 Å². The highest BCUT2D eigenvalue weighted by molar-refractivity contribution is 7.93. The van der Waals surface area contributed by atoms with Crippen LogP contribution in [0.5, 0.6) is 0 Å². The summed E-state index contributed by atoms with van der Waals surface area (Å²) in [5.74, 6) is -0.283. The summed E-state index contributed by atoms with van der Waals surface area (Å²) in [4.78, 5) is 1.37. The Morgan fingerprint density at radius 2 is 1.86 bits per heavy atom. The molecule has 4 nitrogen and oxygen atoms in total. The summed E-state index contributed by atoms with van der Waals surface area (Å²) in [5.41, 5.74) is 0.124. The van der Waals surface area contributed by atoms with E-state index in [1.54, 1.807) is 30.3 Å². The Hall–Kier alpha value is -1.47. The summed E-state index contributed by atoms with van der Waals surface area (Å²) in [5, 5.41) is 0.704. The quantitative estimate of drug-likeness (QED) is 0.834. The van der Waals surface area contributed by atoms with Crippen molar-refractivity contribution in [1.29, 1.82) is 0 Å². The summed E-state index contributed by atoms with van der Waals surface area (Å²) in [6.07, 6.45) is -2.83. The van der Waals surface area contributed by atoms with Gasteiger partial charge < -0.3 is 9.64 Å². The fourth-order valence-electron chi connectivity index (χ4n) is 2.12. The number of ether oxygens (including phenoxy) is 1. The lowest BCUT2D eigenvalue weighted by atomic mass is 10.2. The number of nitrogens with zero attached hydrogens (tertiary/aromatic N) is 1. The van der Waals surface area contributed by atoms with E-state index < -0.39 is 22.0 Å². The third-order valence-corrected chi connectivity index (χ3v) is 4.45. The fraction of sp³-hybridized carbons (Fsp3) is 0.429. The lowest BCUT2D eigenvalue weighted by molar-refractivity contribution is 0.0345. The van der Waals surface area contributed by atoms with Crippen LogP contribution in [-0.2, 0) is 20.3 Å². The molecule has 1 aromatic carbocycles. The summed E-state index contributed by atoms with van der Waals surface area (Å²) in [6, 6.07) is 8.50. The molecule has 21 heavy (non-hydrogen) atoms. The molecular weight excluding hydrogens is 300 g/mol. The first-order chi connectivity index (χ1) is 9.98. The Morgan fingerprint density at radius 1 is 1.24 bits per heavy atom. The number of sulfone groups is 1. The van der Waals surface area contributed by atoms with Gasteiger partial charge in [0.05, 0.1) is 30.1 Å². The van der Waals surface area contributed by atoms with Crippen molar-refractivity contribution in [2.45, 2.75) is 12.2 Å². The molecule has 0 unspecified atom stereocenters. The molecule has 1 aromatic rings. The minimum Gasteiger partial charge on any atom is -0.378 e. The molecule has 0 atom stereocenters. The monoisotopic (exact) mass is 317 g/mol. The molecule has 0 bridgehead atoms. The first kappa shape index (κ1) is 15.9. The van der Waals surface area contributed by atoms with Crippen LogP contribution >= 0.6 is 0 Å². The predicted molar refractivity (Wildman–Crippen MR) is 75.5 cm³/mol. The van der Waals surface area contributed by atoms with Gasteiger partial charge in [0.25, 0.3) is 6.43 Å². The number of alkyl halides is 2. The second kappa shape index (κ2) is 7.00. The molecule has 0 spiro atoms. The standard InChI is InChI=1S/C14H17F2NO3S/c15-14(16)13(17-6-8-20-9-7-17)11-21(18,19)10-12-4-2-1-3-5-12/h1-5,11,14H,6-10H2. The highest BCUT2D eigenvalue weighted by Crippen LogP contribution is 2.19. The Labute approximate surface area is 122 Å². The number of halogens is 2. The largest absolute Gasteiger partial charge is 0.378 e. The Balaban J connectivity index is 2.19. The zero-order valence-corrected chi connectivity index (χ0v) is 12.2. The Bertz CT molecular complexity index is 581. The van der Waals surface area contributed by atoms with Crippen LogP contribution in [0.1, 0.15) is 5.56 Å². The lowest BCUT2D eigenvalue weighted by Gasteiger charge is -2.30. The molecule has 1 fully saturated rings. The van der Waals surface area contributed by atoms with E-state index in [1.165, 1.54) is 4.90 Å². The molecule has 1 aliphatic rings. The summed E-state index contributed by atoms with van der Waals surface area (Å²) in [6.45, 7) is 1.19. The van der Waals surface area contributed by atoms with Gasteiger partial charge in [-0.05, 0) is 5.56 Å². The van der Waals surface area contributed by atoms with Crippen LogP contribution in [0, 0.1) is 0 Å². The molecule has 0 aliphatic carbocycles. The Kier molecular flexibility index (Phi) is 5.30. The zero-order chi connectivity index (χ0) is 15.3. The smallest absolute Gasteiger partial charge is 0.278 e. The molecule has 1 saturated heterocycles. The first-order valence-electron chi connectivity index (χ1n) is 6.57. The zero-order valence-electron chi connectivity index (χ0n) is 11.4. The molecule has 7 heteroatoms. The van der Waals surface area contributed by atoms with Crippen molar-refractivity contribution in [3.05, 3.63) is 47.0 Å². The number of rotatable bonds is 5. The van der Waals surface area contributed by atoms with Crippen LogP contribution in [0.4, 0.5) is 8.78 Å².